The number of guanidine groups is 1. The van der Waals surface area contributed by atoms with Crippen LogP contribution in [0.5, 0.6) is 5.75 Å². The van der Waals surface area contributed by atoms with E-state index >= 15 is 0 Å². The first-order chi connectivity index (χ1) is 13.2. The molecule has 1 aliphatic rings. The number of hydrogen-bond acceptors (Lipinski definition) is 4. The number of hydrogen-bond donors (Lipinski definition) is 2. The summed E-state index contributed by atoms with van der Waals surface area (Å²) in [5.74, 6) is 1.74. The van der Waals surface area contributed by atoms with E-state index in [0.29, 0.717) is 6.04 Å². The molecule has 1 heterocycles. The third-order valence-corrected chi connectivity index (χ3v) is 4.76. The molecule has 0 aromatic heterocycles. The van der Waals surface area contributed by atoms with Crippen LogP contribution in [0.3, 0.4) is 0 Å². The van der Waals surface area contributed by atoms with Gasteiger partial charge in [-0.25, -0.2) is 0 Å². The predicted octanol–water partition coefficient (Wildman–Crippen LogP) is 3.92. The van der Waals surface area contributed by atoms with Crippen molar-refractivity contribution in [2.45, 2.75) is 39.2 Å². The molecule has 2 rings (SSSR count). The molecule has 160 valence electrons. The standard InChI is InChI=1S/C20H33ClN4O2.HI/c1-4-22-20(23-11-6-7-13-27-5-2)24-17-10-12-25(15-17)18-14-16(21)8-9-19(18)26-3;/h8-9,14,17H,4-7,10-13,15H2,1-3H3,(H2,22,23,24);1H. The van der Waals surface area contributed by atoms with Crippen LogP contribution >= 0.6 is 35.6 Å². The van der Waals surface area contributed by atoms with E-state index in [1.165, 1.54) is 0 Å². The average molecular weight is 525 g/mol. The van der Waals surface area contributed by atoms with Crippen molar-refractivity contribution in [1.29, 1.82) is 0 Å². The third-order valence-electron chi connectivity index (χ3n) is 4.53. The Kier molecular flexibility index (Phi) is 12.7. The molecular formula is C20H34ClIN4O2. The number of aliphatic imine (C=N–C) groups is 1. The van der Waals surface area contributed by atoms with Crippen molar-refractivity contribution in [1.82, 2.24) is 10.6 Å². The summed E-state index contributed by atoms with van der Waals surface area (Å²) in [6.45, 7) is 9.22. The predicted molar refractivity (Wildman–Crippen MR) is 129 cm³/mol. The van der Waals surface area contributed by atoms with Gasteiger partial charge in [-0.15, -0.1) is 24.0 Å². The Morgan fingerprint density at radius 3 is 2.86 bits per heavy atom. The Balaban J connectivity index is 0.00000392. The summed E-state index contributed by atoms with van der Waals surface area (Å²) < 4.78 is 10.9. The van der Waals surface area contributed by atoms with Gasteiger partial charge in [-0.2, -0.15) is 0 Å². The monoisotopic (exact) mass is 524 g/mol. The second-order valence-corrected chi connectivity index (χ2v) is 6.99. The molecule has 1 atom stereocenters. The van der Waals surface area contributed by atoms with Crippen LogP contribution in [0.2, 0.25) is 5.02 Å². The van der Waals surface area contributed by atoms with Crippen molar-refractivity contribution in [2.75, 3.05) is 51.4 Å². The highest BCUT2D eigenvalue weighted by Gasteiger charge is 2.25. The quantitative estimate of drug-likeness (QED) is 0.210. The zero-order chi connectivity index (χ0) is 19.5. The number of rotatable bonds is 10. The first-order valence-electron chi connectivity index (χ1n) is 9.89. The average Bonchev–Trinajstić information content (AvgIpc) is 3.13. The van der Waals surface area contributed by atoms with Crippen LogP contribution in [0.1, 0.15) is 33.1 Å². The van der Waals surface area contributed by atoms with Crippen LogP contribution in [0.25, 0.3) is 0 Å². The van der Waals surface area contributed by atoms with E-state index in [9.17, 15) is 0 Å². The van der Waals surface area contributed by atoms with E-state index in [2.05, 4.69) is 22.5 Å². The van der Waals surface area contributed by atoms with Gasteiger partial charge in [0.25, 0.3) is 0 Å². The van der Waals surface area contributed by atoms with Gasteiger partial charge in [0.1, 0.15) is 5.75 Å². The van der Waals surface area contributed by atoms with Crippen molar-refractivity contribution in [3.8, 4) is 5.75 Å². The smallest absolute Gasteiger partial charge is 0.191 e. The fourth-order valence-corrected chi connectivity index (χ4v) is 3.34. The lowest BCUT2D eigenvalue weighted by atomic mass is 10.2. The molecule has 6 nitrogen and oxygen atoms in total. The number of benzene rings is 1. The van der Waals surface area contributed by atoms with Crippen molar-refractivity contribution in [3.63, 3.8) is 0 Å². The fourth-order valence-electron chi connectivity index (χ4n) is 3.17. The maximum absolute atomic E-state index is 6.18. The third kappa shape index (κ3) is 8.21. The molecule has 0 bridgehead atoms. The van der Waals surface area contributed by atoms with E-state index < -0.39 is 0 Å². The lowest BCUT2D eigenvalue weighted by Crippen LogP contribution is -2.44. The molecule has 0 amide bonds. The number of methoxy groups -OCH3 is 1. The van der Waals surface area contributed by atoms with Crippen molar-refractivity contribution < 1.29 is 9.47 Å². The van der Waals surface area contributed by atoms with Gasteiger partial charge in [-0.05, 0) is 51.3 Å². The van der Waals surface area contributed by atoms with E-state index in [1.807, 2.05) is 25.1 Å². The Morgan fingerprint density at radius 1 is 1.32 bits per heavy atom. The fraction of sp³-hybridized carbons (Fsp3) is 0.650. The topological polar surface area (TPSA) is 58.1 Å². The zero-order valence-corrected chi connectivity index (χ0v) is 20.3. The van der Waals surface area contributed by atoms with Crippen molar-refractivity contribution in [2.24, 2.45) is 4.99 Å². The minimum absolute atomic E-state index is 0. The van der Waals surface area contributed by atoms with Gasteiger partial charge in [0.05, 0.1) is 12.8 Å². The van der Waals surface area contributed by atoms with Crippen LogP contribution in [0.15, 0.2) is 23.2 Å². The van der Waals surface area contributed by atoms with Gasteiger partial charge < -0.3 is 25.0 Å². The number of halogens is 2. The Labute approximate surface area is 191 Å². The van der Waals surface area contributed by atoms with E-state index in [1.54, 1.807) is 7.11 Å². The highest BCUT2D eigenvalue weighted by atomic mass is 127. The van der Waals surface area contributed by atoms with E-state index in [4.69, 9.17) is 26.1 Å². The summed E-state index contributed by atoms with van der Waals surface area (Å²) in [5.41, 5.74) is 1.05. The van der Waals surface area contributed by atoms with Crippen molar-refractivity contribution in [3.05, 3.63) is 23.2 Å². The molecule has 1 fully saturated rings. The molecule has 0 saturated carbocycles. The SMILES string of the molecule is CCNC(=NCCCCOCC)NC1CCN(c2cc(Cl)ccc2OC)C1.I. The van der Waals surface area contributed by atoms with Crippen LogP contribution in [0.4, 0.5) is 5.69 Å². The molecule has 0 spiro atoms. The number of nitrogens with one attached hydrogen (secondary N) is 2. The molecule has 28 heavy (non-hydrogen) atoms. The molecule has 1 saturated heterocycles. The summed E-state index contributed by atoms with van der Waals surface area (Å²) in [4.78, 5) is 7.01. The van der Waals surface area contributed by atoms with Crippen LogP contribution in [0, 0.1) is 0 Å². The van der Waals surface area contributed by atoms with Gasteiger partial charge in [-0.1, -0.05) is 11.6 Å². The van der Waals surface area contributed by atoms with E-state index in [0.717, 1.165) is 81.1 Å². The highest BCUT2D eigenvalue weighted by Crippen LogP contribution is 2.33. The first-order valence-corrected chi connectivity index (χ1v) is 10.3. The number of ether oxygens (including phenoxy) is 2. The Hall–Kier alpha value is -0.930. The van der Waals surface area contributed by atoms with Crippen LogP contribution in [-0.4, -0.2) is 58.5 Å². The summed E-state index contributed by atoms with van der Waals surface area (Å²) in [6, 6.07) is 6.10. The lowest BCUT2D eigenvalue weighted by molar-refractivity contribution is 0.144. The molecular weight excluding hydrogens is 491 g/mol. The van der Waals surface area contributed by atoms with E-state index in [-0.39, 0.29) is 24.0 Å². The second-order valence-electron chi connectivity index (χ2n) is 6.56. The maximum atomic E-state index is 6.18. The molecule has 0 radical (unpaired) electrons. The van der Waals surface area contributed by atoms with Gasteiger partial charge in [0.2, 0.25) is 0 Å². The zero-order valence-electron chi connectivity index (χ0n) is 17.2. The van der Waals surface area contributed by atoms with Crippen LogP contribution < -0.4 is 20.3 Å². The summed E-state index contributed by atoms with van der Waals surface area (Å²) in [5, 5.41) is 7.63. The number of nitrogens with zero attached hydrogens (tertiary/aromatic N) is 2. The number of unbranched alkanes of at least 4 members (excludes halogenated alkanes) is 1. The van der Waals surface area contributed by atoms with Gasteiger partial charge in [0, 0.05) is 50.5 Å². The summed E-state index contributed by atoms with van der Waals surface area (Å²) in [7, 11) is 1.69. The molecule has 1 aromatic rings. The Bertz CT molecular complexity index is 604. The summed E-state index contributed by atoms with van der Waals surface area (Å²) in [6.07, 6.45) is 3.13. The van der Waals surface area contributed by atoms with Crippen molar-refractivity contribution >= 4 is 47.2 Å². The minimum atomic E-state index is 0. The molecule has 1 aliphatic heterocycles. The summed E-state index contributed by atoms with van der Waals surface area (Å²) >= 11 is 6.18. The Morgan fingerprint density at radius 2 is 2.14 bits per heavy atom. The molecule has 2 N–H and O–H groups in total. The molecule has 8 heteroatoms. The lowest BCUT2D eigenvalue weighted by Gasteiger charge is -2.22. The molecule has 1 aromatic carbocycles. The van der Waals surface area contributed by atoms with Gasteiger partial charge >= 0.3 is 0 Å². The van der Waals surface area contributed by atoms with Gasteiger partial charge in [0.15, 0.2) is 5.96 Å². The minimum Gasteiger partial charge on any atom is -0.495 e. The largest absolute Gasteiger partial charge is 0.495 e. The number of anilines is 1. The molecule has 1 unspecified atom stereocenters. The highest BCUT2D eigenvalue weighted by molar-refractivity contribution is 14.0. The second kappa shape index (κ2) is 14.1. The molecule has 0 aliphatic carbocycles. The van der Waals surface area contributed by atoms with Gasteiger partial charge in [-0.3, -0.25) is 4.99 Å². The normalized spacial score (nSPS) is 16.6. The maximum Gasteiger partial charge on any atom is 0.191 e. The first kappa shape index (κ1) is 25.1. The van der Waals surface area contributed by atoms with Crippen LogP contribution in [-0.2, 0) is 4.74 Å².